The zero-order valence-electron chi connectivity index (χ0n) is 14.2. The van der Waals surface area contributed by atoms with Crippen molar-refractivity contribution >= 4 is 52.9 Å². The Kier molecular flexibility index (Phi) is 7.99. The number of benzene rings is 2. The molecule has 26 heavy (non-hydrogen) atoms. The van der Waals surface area contributed by atoms with Gasteiger partial charge in [-0.25, -0.2) is 0 Å². The van der Waals surface area contributed by atoms with E-state index in [2.05, 4.69) is 5.32 Å². The molecule has 5 heteroatoms. The average Bonchev–Trinajstić information content (AvgIpc) is 2.61. The van der Waals surface area contributed by atoms with Crippen molar-refractivity contribution in [1.29, 1.82) is 0 Å². The van der Waals surface area contributed by atoms with Crippen LogP contribution in [0, 0.1) is 0 Å². The van der Waals surface area contributed by atoms with Gasteiger partial charge in [-0.2, -0.15) is 0 Å². The topological polar surface area (TPSA) is 29.1 Å². The SMILES string of the molecule is CC(/C=C/C(=O)NC/C=C\c1ccc(Cl)cc1)=C\c1ccc(Cl)cc1Cl. The third-order valence-corrected chi connectivity index (χ3v) is 4.23. The molecule has 0 aliphatic carbocycles. The predicted octanol–water partition coefficient (Wildman–Crippen LogP) is 6.44. The van der Waals surface area contributed by atoms with Crippen LogP contribution in [0.15, 0.2) is 66.3 Å². The van der Waals surface area contributed by atoms with Gasteiger partial charge in [-0.3, -0.25) is 4.79 Å². The molecule has 1 N–H and O–H groups in total. The van der Waals surface area contributed by atoms with Crippen molar-refractivity contribution < 1.29 is 4.79 Å². The van der Waals surface area contributed by atoms with E-state index in [0.29, 0.717) is 21.6 Å². The quantitative estimate of drug-likeness (QED) is 0.434. The summed E-state index contributed by atoms with van der Waals surface area (Å²) >= 11 is 17.8. The van der Waals surface area contributed by atoms with Crippen molar-refractivity contribution in [3.8, 4) is 0 Å². The van der Waals surface area contributed by atoms with Gasteiger partial charge in [0.2, 0.25) is 5.91 Å². The fraction of sp³-hybridized carbons (Fsp3) is 0.0952. The molecule has 0 heterocycles. The van der Waals surface area contributed by atoms with Gasteiger partial charge < -0.3 is 5.32 Å². The Morgan fingerprint density at radius 3 is 2.38 bits per heavy atom. The summed E-state index contributed by atoms with van der Waals surface area (Å²) in [6.07, 6.45) is 8.93. The number of hydrogen-bond acceptors (Lipinski definition) is 1. The average molecular weight is 407 g/mol. The molecule has 0 fully saturated rings. The van der Waals surface area contributed by atoms with Crippen LogP contribution in [-0.2, 0) is 4.79 Å². The number of carbonyl (C=O) groups excluding carboxylic acids is 1. The third kappa shape index (κ3) is 7.09. The van der Waals surface area contributed by atoms with Gasteiger partial charge in [0.05, 0.1) is 0 Å². The normalized spacial score (nSPS) is 12.1. The maximum Gasteiger partial charge on any atom is 0.244 e. The third-order valence-electron chi connectivity index (χ3n) is 3.42. The molecule has 0 atom stereocenters. The number of nitrogens with one attached hydrogen (secondary N) is 1. The first-order valence-electron chi connectivity index (χ1n) is 7.95. The molecule has 0 saturated carbocycles. The lowest BCUT2D eigenvalue weighted by molar-refractivity contribution is -0.116. The van der Waals surface area contributed by atoms with Crippen LogP contribution in [0.25, 0.3) is 12.2 Å². The summed E-state index contributed by atoms with van der Waals surface area (Å²) in [6.45, 7) is 2.34. The first kappa shape index (κ1) is 20.3. The summed E-state index contributed by atoms with van der Waals surface area (Å²) in [4.78, 5) is 11.8. The van der Waals surface area contributed by atoms with Crippen LogP contribution < -0.4 is 5.32 Å². The largest absolute Gasteiger partial charge is 0.349 e. The van der Waals surface area contributed by atoms with Gasteiger partial charge in [-0.1, -0.05) is 82.9 Å². The summed E-state index contributed by atoms with van der Waals surface area (Å²) in [6, 6.07) is 12.8. The van der Waals surface area contributed by atoms with Gasteiger partial charge in [0.15, 0.2) is 0 Å². The summed E-state index contributed by atoms with van der Waals surface area (Å²) in [7, 11) is 0. The Bertz CT molecular complexity index is 852. The smallest absolute Gasteiger partial charge is 0.244 e. The molecule has 0 aliphatic rings. The minimum absolute atomic E-state index is 0.166. The van der Waals surface area contributed by atoms with E-state index in [1.807, 2.05) is 55.5 Å². The molecule has 2 aromatic carbocycles. The fourth-order valence-corrected chi connectivity index (χ4v) is 2.70. The molecule has 0 saturated heterocycles. The van der Waals surface area contributed by atoms with Crippen molar-refractivity contribution in [3.63, 3.8) is 0 Å². The summed E-state index contributed by atoms with van der Waals surface area (Å²) in [5.74, 6) is -0.166. The van der Waals surface area contributed by atoms with Crippen molar-refractivity contribution in [2.45, 2.75) is 6.92 Å². The van der Waals surface area contributed by atoms with Crippen LogP contribution in [0.1, 0.15) is 18.1 Å². The standard InChI is InChI=1S/C21H18Cl3NO/c1-15(13-17-7-10-19(23)14-20(17)24)4-11-21(26)25-12-2-3-16-5-8-18(22)9-6-16/h2-11,13-14H,12H2,1H3,(H,25,26)/b3-2-,11-4+,15-13+. The minimum Gasteiger partial charge on any atom is -0.349 e. The highest BCUT2D eigenvalue weighted by molar-refractivity contribution is 6.35. The Balaban J connectivity index is 1.84. The fourth-order valence-electron chi connectivity index (χ4n) is 2.11. The van der Waals surface area contributed by atoms with E-state index < -0.39 is 0 Å². The lowest BCUT2D eigenvalue weighted by atomic mass is 10.1. The second-order valence-electron chi connectivity index (χ2n) is 5.59. The molecule has 1 amide bonds. The van der Waals surface area contributed by atoms with E-state index in [-0.39, 0.29) is 5.91 Å². The van der Waals surface area contributed by atoms with Gasteiger partial charge in [0.25, 0.3) is 0 Å². The summed E-state index contributed by atoms with van der Waals surface area (Å²) in [5, 5.41) is 4.65. The second-order valence-corrected chi connectivity index (χ2v) is 6.87. The first-order valence-corrected chi connectivity index (χ1v) is 9.09. The van der Waals surface area contributed by atoms with Gasteiger partial charge in [0, 0.05) is 27.7 Å². The zero-order chi connectivity index (χ0) is 18.9. The molecule has 0 bridgehead atoms. The molecular formula is C21H18Cl3NO. The molecule has 2 rings (SSSR count). The van der Waals surface area contributed by atoms with Crippen molar-refractivity contribution in [2.75, 3.05) is 6.54 Å². The van der Waals surface area contributed by atoms with Crippen molar-refractivity contribution in [1.82, 2.24) is 5.32 Å². The molecule has 0 unspecified atom stereocenters. The highest BCUT2D eigenvalue weighted by Gasteiger charge is 1.99. The lowest BCUT2D eigenvalue weighted by Crippen LogP contribution is -2.20. The Morgan fingerprint density at radius 1 is 1.00 bits per heavy atom. The highest BCUT2D eigenvalue weighted by atomic mass is 35.5. The molecule has 0 radical (unpaired) electrons. The predicted molar refractivity (Wildman–Crippen MR) is 113 cm³/mol. The van der Waals surface area contributed by atoms with E-state index in [9.17, 15) is 4.79 Å². The monoisotopic (exact) mass is 405 g/mol. The van der Waals surface area contributed by atoms with Crippen LogP contribution in [0.4, 0.5) is 0 Å². The Hall–Kier alpha value is -2.00. The number of rotatable bonds is 6. The summed E-state index contributed by atoms with van der Waals surface area (Å²) < 4.78 is 0. The van der Waals surface area contributed by atoms with Crippen molar-refractivity contribution in [3.05, 3.63) is 92.5 Å². The van der Waals surface area contributed by atoms with E-state index in [0.717, 1.165) is 16.7 Å². The maximum atomic E-state index is 11.8. The van der Waals surface area contributed by atoms with Crippen molar-refractivity contribution in [2.24, 2.45) is 0 Å². The molecule has 2 aromatic rings. The van der Waals surface area contributed by atoms with Crippen LogP contribution in [0.3, 0.4) is 0 Å². The molecule has 0 spiro atoms. The Morgan fingerprint density at radius 2 is 1.69 bits per heavy atom. The van der Waals surface area contributed by atoms with Crippen LogP contribution in [0.2, 0.25) is 15.1 Å². The number of halogens is 3. The van der Waals surface area contributed by atoms with E-state index in [1.165, 1.54) is 6.08 Å². The molecule has 0 aliphatic heterocycles. The molecule has 134 valence electrons. The van der Waals surface area contributed by atoms with E-state index >= 15 is 0 Å². The highest BCUT2D eigenvalue weighted by Crippen LogP contribution is 2.23. The number of hydrogen-bond donors (Lipinski definition) is 1. The molecular weight excluding hydrogens is 389 g/mol. The number of allylic oxidation sites excluding steroid dienone is 2. The Labute approximate surface area is 168 Å². The van der Waals surface area contributed by atoms with Gasteiger partial charge in [-0.05, 0) is 42.3 Å². The van der Waals surface area contributed by atoms with E-state index in [4.69, 9.17) is 34.8 Å². The van der Waals surface area contributed by atoms with Gasteiger partial charge >= 0.3 is 0 Å². The number of amides is 1. The number of carbonyl (C=O) groups is 1. The molecule has 2 nitrogen and oxygen atoms in total. The lowest BCUT2D eigenvalue weighted by Gasteiger charge is -2.01. The second kappa shape index (κ2) is 10.2. The van der Waals surface area contributed by atoms with Crippen LogP contribution in [-0.4, -0.2) is 12.5 Å². The van der Waals surface area contributed by atoms with Gasteiger partial charge in [0.1, 0.15) is 0 Å². The molecule has 0 aromatic heterocycles. The minimum atomic E-state index is -0.166. The van der Waals surface area contributed by atoms with Crippen LogP contribution >= 0.6 is 34.8 Å². The first-order chi connectivity index (χ1) is 12.4. The summed E-state index contributed by atoms with van der Waals surface area (Å²) in [5.41, 5.74) is 2.78. The van der Waals surface area contributed by atoms with E-state index in [1.54, 1.807) is 18.2 Å². The van der Waals surface area contributed by atoms with Crippen LogP contribution in [0.5, 0.6) is 0 Å². The van der Waals surface area contributed by atoms with Gasteiger partial charge in [-0.15, -0.1) is 0 Å². The zero-order valence-corrected chi connectivity index (χ0v) is 16.4. The maximum absolute atomic E-state index is 11.8.